The van der Waals surface area contributed by atoms with Crippen LogP contribution in [0.15, 0.2) is 30.5 Å². The van der Waals surface area contributed by atoms with Crippen LogP contribution < -0.4 is 5.32 Å². The van der Waals surface area contributed by atoms with E-state index in [1.54, 1.807) is 0 Å². The minimum atomic E-state index is -4.44. The van der Waals surface area contributed by atoms with E-state index in [2.05, 4.69) is 5.32 Å². The molecule has 0 aromatic heterocycles. The molecule has 7 heteroatoms. The molecule has 1 aromatic carbocycles. The standard InChI is InChI=1S/C9H6F3N2O2/c10-9(11,12)7-2-1-3-8(6-7)13-4-5-14(15)16/h1-3,5-6,13H. The van der Waals surface area contributed by atoms with Crippen LogP contribution in [0.2, 0.25) is 0 Å². The third-order valence-corrected chi connectivity index (χ3v) is 1.58. The van der Waals surface area contributed by atoms with Gasteiger partial charge in [0.15, 0.2) is 0 Å². The highest BCUT2D eigenvalue weighted by atomic mass is 19.4. The smallest absolute Gasteiger partial charge is 0.349 e. The molecular formula is C9H6F3N2O2. The van der Waals surface area contributed by atoms with E-state index in [0.717, 1.165) is 12.1 Å². The predicted molar refractivity (Wildman–Crippen MR) is 49.9 cm³/mol. The second kappa shape index (κ2) is 4.65. The lowest BCUT2D eigenvalue weighted by Gasteiger charge is -2.07. The number of hydrogen-bond acceptors (Lipinski definition) is 3. The van der Waals surface area contributed by atoms with E-state index < -0.39 is 16.7 Å². The van der Waals surface area contributed by atoms with Crippen LogP contribution in [0.3, 0.4) is 0 Å². The Hall–Kier alpha value is -2.05. The fourth-order valence-electron chi connectivity index (χ4n) is 0.942. The second-order valence-corrected chi connectivity index (χ2v) is 2.76. The van der Waals surface area contributed by atoms with Crippen molar-refractivity contribution in [3.8, 4) is 0 Å². The van der Waals surface area contributed by atoms with Gasteiger partial charge in [-0.15, -0.1) is 0 Å². The Bertz CT molecular complexity index is 415. The molecule has 0 unspecified atom stereocenters. The third kappa shape index (κ3) is 3.60. The first-order valence-electron chi connectivity index (χ1n) is 4.05. The maximum atomic E-state index is 12.3. The Morgan fingerprint density at radius 2 is 2.12 bits per heavy atom. The summed E-state index contributed by atoms with van der Waals surface area (Å²) in [5, 5.41) is 12.1. The highest BCUT2D eigenvalue weighted by Crippen LogP contribution is 2.30. The maximum absolute atomic E-state index is 12.3. The molecule has 0 saturated heterocycles. The molecule has 0 amide bonds. The van der Waals surface area contributed by atoms with Gasteiger partial charge in [0.25, 0.3) is 6.20 Å². The number of nitrogens with one attached hydrogen (secondary N) is 1. The average Bonchev–Trinajstić information content (AvgIpc) is 2.16. The quantitative estimate of drug-likeness (QED) is 0.494. The van der Waals surface area contributed by atoms with Gasteiger partial charge in [0.05, 0.1) is 10.5 Å². The topological polar surface area (TPSA) is 55.2 Å². The molecule has 0 heterocycles. The second-order valence-electron chi connectivity index (χ2n) is 2.76. The van der Waals surface area contributed by atoms with E-state index in [1.165, 1.54) is 12.1 Å². The van der Waals surface area contributed by atoms with Crippen molar-refractivity contribution in [2.45, 2.75) is 6.18 Å². The van der Waals surface area contributed by atoms with Crippen molar-refractivity contribution in [2.75, 3.05) is 5.32 Å². The molecule has 1 N–H and O–H groups in total. The Kier molecular flexibility index (Phi) is 3.49. The normalized spacial score (nSPS) is 11.7. The molecule has 0 aliphatic carbocycles. The van der Waals surface area contributed by atoms with Crippen LogP contribution in [0, 0.1) is 16.3 Å². The fraction of sp³-hybridized carbons (Fsp3) is 0.111. The summed E-state index contributed by atoms with van der Waals surface area (Å²) in [7, 11) is 0. The van der Waals surface area contributed by atoms with E-state index in [-0.39, 0.29) is 5.69 Å². The van der Waals surface area contributed by atoms with Gasteiger partial charge in [-0.05, 0) is 18.2 Å². The lowest BCUT2D eigenvalue weighted by Crippen LogP contribution is -2.05. The number of anilines is 1. The van der Waals surface area contributed by atoms with E-state index >= 15 is 0 Å². The van der Waals surface area contributed by atoms with Crippen LogP contribution in [0.25, 0.3) is 0 Å². The first-order chi connectivity index (χ1) is 7.39. The molecule has 0 bridgehead atoms. The van der Waals surface area contributed by atoms with Gasteiger partial charge >= 0.3 is 6.18 Å². The lowest BCUT2D eigenvalue weighted by molar-refractivity contribution is -0.403. The summed E-state index contributed by atoms with van der Waals surface area (Å²) in [6.07, 6.45) is -1.93. The highest BCUT2D eigenvalue weighted by Gasteiger charge is 2.30. The number of nitrogens with zero attached hydrogens (tertiary/aromatic N) is 1. The van der Waals surface area contributed by atoms with Crippen molar-refractivity contribution < 1.29 is 18.1 Å². The van der Waals surface area contributed by atoms with Crippen LogP contribution in [0.4, 0.5) is 18.9 Å². The molecule has 0 aliphatic heterocycles. The highest BCUT2D eigenvalue weighted by molar-refractivity contribution is 5.47. The van der Waals surface area contributed by atoms with E-state index in [9.17, 15) is 23.3 Å². The van der Waals surface area contributed by atoms with E-state index in [1.807, 2.05) is 6.20 Å². The Balaban J connectivity index is 2.79. The van der Waals surface area contributed by atoms with E-state index in [4.69, 9.17) is 0 Å². The molecule has 4 nitrogen and oxygen atoms in total. The number of alkyl halides is 3. The zero-order valence-electron chi connectivity index (χ0n) is 7.78. The van der Waals surface area contributed by atoms with E-state index in [0.29, 0.717) is 6.20 Å². The number of halogens is 3. The fourth-order valence-corrected chi connectivity index (χ4v) is 0.942. The minimum Gasteiger partial charge on any atom is -0.349 e. The van der Waals surface area contributed by atoms with Crippen molar-refractivity contribution >= 4 is 5.69 Å². The summed E-state index contributed by atoms with van der Waals surface area (Å²) in [4.78, 5) is 9.11. The van der Waals surface area contributed by atoms with Crippen LogP contribution in [0.5, 0.6) is 0 Å². The zero-order valence-corrected chi connectivity index (χ0v) is 7.78. The van der Waals surface area contributed by atoms with Gasteiger partial charge < -0.3 is 5.32 Å². The average molecular weight is 231 g/mol. The zero-order chi connectivity index (χ0) is 12.2. The largest absolute Gasteiger partial charge is 0.416 e. The van der Waals surface area contributed by atoms with Crippen molar-refractivity contribution in [1.82, 2.24) is 0 Å². The molecule has 0 saturated carbocycles. The summed E-state index contributed by atoms with van der Waals surface area (Å²) < 4.78 is 36.8. The molecule has 0 aliphatic rings. The Morgan fingerprint density at radius 3 is 2.69 bits per heavy atom. The predicted octanol–water partition coefficient (Wildman–Crippen LogP) is 2.67. The molecule has 1 rings (SSSR count). The van der Waals surface area contributed by atoms with Crippen LogP contribution >= 0.6 is 0 Å². The number of rotatable bonds is 3. The molecule has 0 spiro atoms. The summed E-state index contributed by atoms with van der Waals surface area (Å²) in [5.74, 6) is 0. The number of hydrogen-bond donors (Lipinski definition) is 1. The summed E-state index contributed by atoms with van der Waals surface area (Å²) in [6.45, 7) is 0. The van der Waals surface area contributed by atoms with Gasteiger partial charge in [-0.25, -0.2) is 0 Å². The molecule has 0 fully saturated rings. The Labute approximate surface area is 88.5 Å². The summed E-state index contributed by atoms with van der Waals surface area (Å²) >= 11 is 0. The van der Waals surface area contributed by atoms with Crippen molar-refractivity contribution in [2.24, 2.45) is 0 Å². The van der Waals surface area contributed by atoms with Crippen LogP contribution in [-0.2, 0) is 6.18 Å². The Morgan fingerprint density at radius 1 is 1.44 bits per heavy atom. The van der Waals surface area contributed by atoms with Crippen molar-refractivity contribution in [1.29, 1.82) is 0 Å². The lowest BCUT2D eigenvalue weighted by atomic mass is 10.2. The third-order valence-electron chi connectivity index (χ3n) is 1.58. The minimum absolute atomic E-state index is 0.0768. The number of benzene rings is 1. The molecular weight excluding hydrogens is 225 g/mol. The van der Waals surface area contributed by atoms with Crippen molar-refractivity contribution in [3.05, 3.63) is 52.3 Å². The molecule has 85 valence electrons. The monoisotopic (exact) mass is 231 g/mol. The molecule has 1 radical (unpaired) electrons. The maximum Gasteiger partial charge on any atom is 0.416 e. The SMILES string of the molecule is O=[N+]([O-])/C=[C]/Nc1cccc(C(F)(F)F)c1. The summed E-state index contributed by atoms with van der Waals surface area (Å²) in [5.41, 5.74) is -0.756. The van der Waals surface area contributed by atoms with Crippen LogP contribution in [-0.4, -0.2) is 4.92 Å². The molecule has 1 aromatic rings. The molecule has 16 heavy (non-hydrogen) atoms. The van der Waals surface area contributed by atoms with Gasteiger partial charge in [0.2, 0.25) is 0 Å². The first-order valence-corrected chi connectivity index (χ1v) is 4.05. The first kappa shape index (κ1) is 12.0. The van der Waals surface area contributed by atoms with Crippen LogP contribution in [0.1, 0.15) is 5.56 Å². The van der Waals surface area contributed by atoms with Gasteiger partial charge in [-0.1, -0.05) is 6.07 Å². The van der Waals surface area contributed by atoms with Gasteiger partial charge in [-0.2, -0.15) is 13.2 Å². The van der Waals surface area contributed by atoms with Crippen molar-refractivity contribution in [3.63, 3.8) is 0 Å². The van der Waals surface area contributed by atoms with Gasteiger partial charge in [0.1, 0.15) is 6.20 Å². The molecule has 0 atom stereocenters. The summed E-state index contributed by atoms with van der Waals surface area (Å²) in [6, 6.07) is 4.28. The van der Waals surface area contributed by atoms with Gasteiger partial charge in [-0.3, -0.25) is 10.1 Å². The van der Waals surface area contributed by atoms with Gasteiger partial charge in [0, 0.05) is 5.69 Å². The number of nitro groups is 1.